The van der Waals surface area contributed by atoms with Crippen LogP contribution in [0.4, 0.5) is 0 Å². The van der Waals surface area contributed by atoms with Crippen LogP contribution in [0.5, 0.6) is 0 Å². The van der Waals surface area contributed by atoms with Gasteiger partial charge < -0.3 is 10.0 Å². The van der Waals surface area contributed by atoms with E-state index in [0.717, 1.165) is 31.1 Å². The number of nitrogens with zero attached hydrogens (tertiary/aromatic N) is 1. The van der Waals surface area contributed by atoms with Crippen LogP contribution < -0.4 is 0 Å². The molecule has 152 valence electrons. The van der Waals surface area contributed by atoms with Crippen LogP contribution in [0.2, 0.25) is 0 Å². The summed E-state index contributed by atoms with van der Waals surface area (Å²) in [6.07, 6.45) is 21.8. The molecular weight excluding hydrogens is 330 g/mol. The van der Waals surface area contributed by atoms with E-state index in [0.29, 0.717) is 5.41 Å². The Morgan fingerprint density at radius 2 is 1.89 bits per heavy atom. The third kappa shape index (κ3) is 4.53. The zero-order valence-corrected chi connectivity index (χ0v) is 17.6. The van der Waals surface area contributed by atoms with Gasteiger partial charge in [-0.2, -0.15) is 0 Å². The molecule has 4 fully saturated rings. The molecule has 4 aliphatic rings. The molecule has 3 aliphatic carbocycles. The standard InChI is InChI=1S/C25H41NO/c1-25-15-5-8-21(12-11-20-7-4-10-23(27)19-20)24(25)14-13-22(25)9-6-18-26-16-2-3-17-26/h11-12,22-24,27H,2-10,13-19H2,1H3/b20-11-,21-12+. The third-order valence-corrected chi connectivity index (χ3v) is 8.45. The Morgan fingerprint density at radius 3 is 2.70 bits per heavy atom. The first kappa shape index (κ1) is 19.7. The molecule has 4 rings (SSSR count). The fraction of sp³-hybridized carbons (Fsp3) is 0.840. The lowest BCUT2D eigenvalue weighted by molar-refractivity contribution is 0.125. The minimum atomic E-state index is -0.0912. The van der Waals surface area contributed by atoms with Gasteiger partial charge in [-0.3, -0.25) is 0 Å². The number of likely N-dealkylation sites (tertiary alicyclic amines) is 1. The Bertz CT molecular complexity index is 559. The highest BCUT2D eigenvalue weighted by atomic mass is 16.3. The second-order valence-electron chi connectivity index (χ2n) is 10.2. The van der Waals surface area contributed by atoms with Crippen LogP contribution in [0.15, 0.2) is 23.3 Å². The second kappa shape index (κ2) is 8.82. The molecule has 0 amide bonds. The van der Waals surface area contributed by atoms with Gasteiger partial charge in [0.15, 0.2) is 0 Å². The van der Waals surface area contributed by atoms with E-state index in [2.05, 4.69) is 24.0 Å². The van der Waals surface area contributed by atoms with Crippen LogP contribution in [0, 0.1) is 17.3 Å². The quantitative estimate of drug-likeness (QED) is 0.653. The van der Waals surface area contributed by atoms with E-state index >= 15 is 0 Å². The number of allylic oxidation sites excluding steroid dienone is 3. The summed E-state index contributed by atoms with van der Waals surface area (Å²) >= 11 is 0. The lowest BCUT2D eigenvalue weighted by Gasteiger charge is -2.42. The van der Waals surface area contributed by atoms with Crippen LogP contribution in [-0.4, -0.2) is 35.7 Å². The molecule has 1 N–H and O–H groups in total. The van der Waals surface area contributed by atoms with Crippen molar-refractivity contribution in [1.29, 1.82) is 0 Å². The van der Waals surface area contributed by atoms with Crippen LogP contribution >= 0.6 is 0 Å². The third-order valence-electron chi connectivity index (χ3n) is 8.45. The molecule has 3 saturated carbocycles. The average Bonchev–Trinajstić information content (AvgIpc) is 3.28. The number of aliphatic hydroxyl groups is 1. The topological polar surface area (TPSA) is 23.5 Å². The molecule has 27 heavy (non-hydrogen) atoms. The fourth-order valence-electron chi connectivity index (χ4n) is 6.84. The van der Waals surface area contributed by atoms with Crippen molar-refractivity contribution in [2.45, 2.75) is 96.5 Å². The number of hydrogen-bond acceptors (Lipinski definition) is 2. The van der Waals surface area contributed by atoms with Crippen molar-refractivity contribution in [1.82, 2.24) is 4.90 Å². The van der Waals surface area contributed by atoms with Gasteiger partial charge in [-0.05, 0) is 120 Å². The van der Waals surface area contributed by atoms with Crippen molar-refractivity contribution < 1.29 is 5.11 Å². The van der Waals surface area contributed by atoms with Crippen molar-refractivity contribution >= 4 is 0 Å². The molecule has 1 saturated heterocycles. The Morgan fingerprint density at radius 1 is 1.04 bits per heavy atom. The molecule has 2 nitrogen and oxygen atoms in total. The molecule has 0 aromatic heterocycles. The smallest absolute Gasteiger partial charge is 0.0577 e. The van der Waals surface area contributed by atoms with Gasteiger partial charge in [-0.25, -0.2) is 0 Å². The van der Waals surface area contributed by atoms with Gasteiger partial charge in [0.05, 0.1) is 6.10 Å². The number of rotatable bonds is 5. The maximum atomic E-state index is 9.94. The molecule has 1 heterocycles. The lowest BCUT2D eigenvalue weighted by Crippen LogP contribution is -2.33. The average molecular weight is 372 g/mol. The maximum absolute atomic E-state index is 9.94. The predicted molar refractivity (Wildman–Crippen MR) is 114 cm³/mol. The molecule has 4 unspecified atom stereocenters. The van der Waals surface area contributed by atoms with Gasteiger partial charge in [0.1, 0.15) is 0 Å². The second-order valence-corrected chi connectivity index (χ2v) is 10.2. The molecule has 0 spiro atoms. The highest BCUT2D eigenvalue weighted by molar-refractivity contribution is 5.25. The van der Waals surface area contributed by atoms with E-state index in [1.807, 2.05) is 0 Å². The van der Waals surface area contributed by atoms with Crippen molar-refractivity contribution in [3.63, 3.8) is 0 Å². The normalized spacial score (nSPS) is 40.7. The summed E-state index contributed by atoms with van der Waals surface area (Å²) in [6.45, 7) is 6.66. The van der Waals surface area contributed by atoms with E-state index in [1.165, 1.54) is 89.4 Å². The summed E-state index contributed by atoms with van der Waals surface area (Å²) in [4.78, 5) is 2.69. The molecule has 0 aromatic rings. The summed E-state index contributed by atoms with van der Waals surface area (Å²) in [5, 5.41) is 9.94. The number of fused-ring (bicyclic) bond motifs is 1. The number of hydrogen-bond donors (Lipinski definition) is 1. The molecule has 0 bridgehead atoms. The molecular formula is C25H41NO. The van der Waals surface area contributed by atoms with Gasteiger partial charge in [0, 0.05) is 0 Å². The number of aliphatic hydroxyl groups excluding tert-OH is 1. The SMILES string of the molecule is CC12CCC/C(=C\C=C3\CCCC(O)C3)C1CCC2CCCN1CCCC1. The van der Waals surface area contributed by atoms with Gasteiger partial charge in [0.2, 0.25) is 0 Å². The first-order valence-electron chi connectivity index (χ1n) is 11.9. The largest absolute Gasteiger partial charge is 0.393 e. The van der Waals surface area contributed by atoms with Crippen molar-refractivity contribution in [2.24, 2.45) is 17.3 Å². The van der Waals surface area contributed by atoms with Crippen molar-refractivity contribution in [3.8, 4) is 0 Å². The van der Waals surface area contributed by atoms with E-state index in [4.69, 9.17) is 0 Å². The summed E-state index contributed by atoms with van der Waals surface area (Å²) < 4.78 is 0. The van der Waals surface area contributed by atoms with Crippen LogP contribution in [0.25, 0.3) is 0 Å². The van der Waals surface area contributed by atoms with Crippen LogP contribution in [0.1, 0.15) is 90.4 Å². The Labute approximate surface area is 167 Å². The zero-order valence-electron chi connectivity index (χ0n) is 17.6. The molecule has 4 atom stereocenters. The van der Waals surface area contributed by atoms with Crippen molar-refractivity contribution in [3.05, 3.63) is 23.3 Å². The molecule has 0 aromatic carbocycles. The summed E-state index contributed by atoms with van der Waals surface area (Å²) in [6, 6.07) is 0. The van der Waals surface area contributed by atoms with Crippen LogP contribution in [-0.2, 0) is 0 Å². The van der Waals surface area contributed by atoms with E-state index in [9.17, 15) is 5.11 Å². The maximum Gasteiger partial charge on any atom is 0.0577 e. The molecule has 1 aliphatic heterocycles. The lowest BCUT2D eigenvalue weighted by atomic mass is 9.62. The Balaban J connectivity index is 1.36. The van der Waals surface area contributed by atoms with E-state index < -0.39 is 0 Å². The van der Waals surface area contributed by atoms with Crippen LogP contribution in [0.3, 0.4) is 0 Å². The van der Waals surface area contributed by atoms with Gasteiger partial charge in [-0.1, -0.05) is 30.2 Å². The molecule has 0 radical (unpaired) electrons. The fourth-order valence-corrected chi connectivity index (χ4v) is 6.84. The molecule has 2 heteroatoms. The first-order chi connectivity index (χ1) is 13.1. The highest BCUT2D eigenvalue weighted by Gasteiger charge is 2.48. The van der Waals surface area contributed by atoms with Crippen molar-refractivity contribution in [2.75, 3.05) is 19.6 Å². The highest BCUT2D eigenvalue weighted by Crippen LogP contribution is 2.58. The predicted octanol–water partition coefficient (Wildman–Crippen LogP) is 5.87. The zero-order chi connectivity index (χ0) is 18.7. The first-order valence-corrected chi connectivity index (χ1v) is 11.9. The minimum absolute atomic E-state index is 0.0912. The summed E-state index contributed by atoms with van der Waals surface area (Å²) in [7, 11) is 0. The Kier molecular flexibility index (Phi) is 6.44. The van der Waals surface area contributed by atoms with E-state index in [1.54, 1.807) is 5.57 Å². The summed E-state index contributed by atoms with van der Waals surface area (Å²) in [5.74, 6) is 1.77. The summed E-state index contributed by atoms with van der Waals surface area (Å²) in [5.41, 5.74) is 3.77. The minimum Gasteiger partial charge on any atom is -0.393 e. The monoisotopic (exact) mass is 371 g/mol. The van der Waals surface area contributed by atoms with Gasteiger partial charge in [-0.15, -0.1) is 0 Å². The Hall–Kier alpha value is -0.600. The van der Waals surface area contributed by atoms with Gasteiger partial charge >= 0.3 is 0 Å². The van der Waals surface area contributed by atoms with Gasteiger partial charge in [0.25, 0.3) is 0 Å². The van der Waals surface area contributed by atoms with E-state index in [-0.39, 0.29) is 6.10 Å².